The van der Waals surface area contributed by atoms with Crippen molar-refractivity contribution in [1.82, 2.24) is 9.97 Å². The first kappa shape index (κ1) is 13.1. The van der Waals surface area contributed by atoms with Crippen molar-refractivity contribution in [2.75, 3.05) is 5.43 Å². The average Bonchev–Trinajstić information content (AvgIpc) is 2.30. The van der Waals surface area contributed by atoms with Gasteiger partial charge in [0.25, 0.3) is 0 Å². The molecule has 2 unspecified atom stereocenters. The van der Waals surface area contributed by atoms with Crippen molar-refractivity contribution < 1.29 is 4.74 Å². The molecule has 0 aliphatic heterocycles. The van der Waals surface area contributed by atoms with E-state index in [4.69, 9.17) is 10.6 Å². The van der Waals surface area contributed by atoms with Crippen LogP contribution in [0.3, 0.4) is 0 Å². The molecule has 0 saturated heterocycles. The van der Waals surface area contributed by atoms with Gasteiger partial charge in [0.1, 0.15) is 6.10 Å². The number of hydrogen-bond acceptors (Lipinski definition) is 5. The molecule has 1 aliphatic rings. The second kappa shape index (κ2) is 5.52. The van der Waals surface area contributed by atoms with Crippen molar-refractivity contribution in [1.29, 1.82) is 0 Å². The van der Waals surface area contributed by atoms with Gasteiger partial charge in [-0.25, -0.2) is 10.8 Å². The number of hydrazine groups is 1. The van der Waals surface area contributed by atoms with E-state index >= 15 is 0 Å². The quantitative estimate of drug-likeness (QED) is 0.636. The Bertz CT molecular complexity index is 400. The summed E-state index contributed by atoms with van der Waals surface area (Å²) in [5, 5.41) is 0. The highest BCUT2D eigenvalue weighted by molar-refractivity contribution is 5.31. The van der Waals surface area contributed by atoms with Crippen LogP contribution in [0.25, 0.3) is 0 Å². The molecule has 1 aliphatic carbocycles. The topological polar surface area (TPSA) is 73.1 Å². The van der Waals surface area contributed by atoms with Crippen LogP contribution in [-0.4, -0.2) is 16.1 Å². The lowest BCUT2D eigenvalue weighted by Gasteiger charge is -2.31. The van der Waals surface area contributed by atoms with E-state index in [0.29, 0.717) is 23.7 Å². The maximum Gasteiger partial charge on any atom is 0.240 e. The summed E-state index contributed by atoms with van der Waals surface area (Å²) in [5.41, 5.74) is 3.39. The minimum Gasteiger partial charge on any atom is -0.474 e. The van der Waals surface area contributed by atoms with Gasteiger partial charge in [0.05, 0.1) is 0 Å². The van der Waals surface area contributed by atoms with E-state index in [2.05, 4.69) is 29.2 Å². The predicted octanol–water partition coefficient (Wildman–Crippen LogP) is 2.27. The van der Waals surface area contributed by atoms with Crippen LogP contribution < -0.4 is 16.0 Å². The fraction of sp³-hybridized carbons (Fsp3) is 0.692. The molecule has 2 atom stereocenters. The lowest BCUT2D eigenvalue weighted by molar-refractivity contribution is 0.0960. The molecular formula is C13H22N4O. The number of nitrogens with zero attached hydrogens (tertiary/aromatic N) is 2. The van der Waals surface area contributed by atoms with Crippen molar-refractivity contribution in [2.24, 2.45) is 17.7 Å². The van der Waals surface area contributed by atoms with Gasteiger partial charge in [0.2, 0.25) is 11.8 Å². The van der Waals surface area contributed by atoms with Gasteiger partial charge in [-0.2, -0.15) is 4.98 Å². The summed E-state index contributed by atoms with van der Waals surface area (Å²) in [5.74, 6) is 7.79. The van der Waals surface area contributed by atoms with Crippen LogP contribution in [0.1, 0.15) is 38.7 Å². The van der Waals surface area contributed by atoms with Crippen LogP contribution >= 0.6 is 0 Å². The van der Waals surface area contributed by atoms with Crippen LogP contribution in [0.5, 0.6) is 5.88 Å². The molecule has 0 radical (unpaired) electrons. The monoisotopic (exact) mass is 250 g/mol. The molecule has 2 rings (SSSR count). The van der Waals surface area contributed by atoms with E-state index < -0.39 is 0 Å². The van der Waals surface area contributed by atoms with E-state index in [0.717, 1.165) is 18.4 Å². The van der Waals surface area contributed by atoms with Crippen LogP contribution in [0.4, 0.5) is 5.95 Å². The Morgan fingerprint density at radius 1 is 1.28 bits per heavy atom. The number of aromatic nitrogens is 2. The van der Waals surface area contributed by atoms with Gasteiger partial charge in [0.15, 0.2) is 0 Å². The molecule has 1 heterocycles. The maximum absolute atomic E-state index is 6.02. The molecule has 1 aromatic rings. The molecule has 5 nitrogen and oxygen atoms in total. The van der Waals surface area contributed by atoms with Gasteiger partial charge in [0, 0.05) is 11.8 Å². The molecule has 1 fully saturated rings. The maximum atomic E-state index is 6.02. The van der Waals surface area contributed by atoms with Crippen molar-refractivity contribution in [2.45, 2.75) is 46.1 Å². The molecule has 18 heavy (non-hydrogen) atoms. The SMILES string of the molecule is Cc1cnc(NN)nc1OC1CC(C)CC(C)C1. The lowest BCUT2D eigenvalue weighted by atomic mass is 9.82. The highest BCUT2D eigenvalue weighted by atomic mass is 16.5. The summed E-state index contributed by atoms with van der Waals surface area (Å²) < 4.78 is 6.02. The molecule has 1 aromatic heterocycles. The third kappa shape index (κ3) is 3.10. The Labute approximate surface area is 108 Å². The summed E-state index contributed by atoms with van der Waals surface area (Å²) in [6.07, 6.45) is 5.46. The van der Waals surface area contributed by atoms with Crippen LogP contribution in [0, 0.1) is 18.8 Å². The number of aryl methyl sites for hydroxylation is 1. The zero-order valence-electron chi connectivity index (χ0n) is 11.3. The number of rotatable bonds is 3. The Kier molecular flexibility index (Phi) is 4.01. The first-order chi connectivity index (χ1) is 8.58. The van der Waals surface area contributed by atoms with E-state index in [1.54, 1.807) is 6.20 Å². The molecule has 100 valence electrons. The molecule has 0 spiro atoms. The predicted molar refractivity (Wildman–Crippen MR) is 71.2 cm³/mol. The van der Waals surface area contributed by atoms with Gasteiger partial charge in [-0.15, -0.1) is 0 Å². The van der Waals surface area contributed by atoms with Crippen LogP contribution in [0.2, 0.25) is 0 Å². The molecule has 1 saturated carbocycles. The minimum atomic E-state index is 0.253. The Morgan fingerprint density at radius 2 is 1.94 bits per heavy atom. The number of nitrogen functional groups attached to an aromatic ring is 1. The van der Waals surface area contributed by atoms with Gasteiger partial charge >= 0.3 is 0 Å². The van der Waals surface area contributed by atoms with Crippen molar-refractivity contribution in [3.05, 3.63) is 11.8 Å². The summed E-state index contributed by atoms with van der Waals surface area (Å²) >= 11 is 0. The Morgan fingerprint density at radius 3 is 2.56 bits per heavy atom. The summed E-state index contributed by atoms with van der Waals surface area (Å²) in [4.78, 5) is 8.32. The van der Waals surface area contributed by atoms with Gasteiger partial charge < -0.3 is 4.74 Å². The highest BCUT2D eigenvalue weighted by Gasteiger charge is 2.26. The third-order valence-electron chi connectivity index (χ3n) is 3.47. The van der Waals surface area contributed by atoms with Crippen molar-refractivity contribution in [3.63, 3.8) is 0 Å². The van der Waals surface area contributed by atoms with Gasteiger partial charge in [-0.05, 0) is 38.0 Å². The number of nitrogens with one attached hydrogen (secondary N) is 1. The van der Waals surface area contributed by atoms with Gasteiger partial charge in [-0.3, -0.25) is 5.43 Å². The normalized spacial score (nSPS) is 27.9. The summed E-state index contributed by atoms with van der Waals surface area (Å²) in [7, 11) is 0. The van der Waals surface area contributed by atoms with Gasteiger partial charge in [-0.1, -0.05) is 13.8 Å². The standard InChI is InChI=1S/C13H22N4O/c1-8-4-9(2)6-11(5-8)18-12-10(3)7-15-13(16-12)17-14/h7-9,11H,4-6,14H2,1-3H3,(H,15,16,17). The second-order valence-electron chi connectivity index (χ2n) is 5.48. The Balaban J connectivity index is 2.08. The molecule has 0 amide bonds. The average molecular weight is 250 g/mol. The summed E-state index contributed by atoms with van der Waals surface area (Å²) in [6.45, 7) is 6.52. The molecule has 3 N–H and O–H groups in total. The second-order valence-corrected chi connectivity index (χ2v) is 5.48. The number of ether oxygens (including phenoxy) is 1. The van der Waals surface area contributed by atoms with Crippen molar-refractivity contribution in [3.8, 4) is 5.88 Å². The van der Waals surface area contributed by atoms with E-state index in [1.165, 1.54) is 6.42 Å². The molecule has 0 bridgehead atoms. The van der Waals surface area contributed by atoms with E-state index in [1.807, 2.05) is 6.92 Å². The number of anilines is 1. The Hall–Kier alpha value is -1.36. The van der Waals surface area contributed by atoms with E-state index in [9.17, 15) is 0 Å². The zero-order chi connectivity index (χ0) is 13.1. The van der Waals surface area contributed by atoms with Crippen LogP contribution in [-0.2, 0) is 0 Å². The summed E-state index contributed by atoms with van der Waals surface area (Å²) in [6, 6.07) is 0. The fourth-order valence-corrected chi connectivity index (χ4v) is 2.74. The first-order valence-electron chi connectivity index (χ1n) is 6.55. The third-order valence-corrected chi connectivity index (χ3v) is 3.47. The highest BCUT2D eigenvalue weighted by Crippen LogP contribution is 2.31. The number of nitrogens with two attached hydrogens (primary N) is 1. The molecule has 0 aromatic carbocycles. The molecule has 5 heteroatoms. The van der Waals surface area contributed by atoms with Crippen LogP contribution in [0.15, 0.2) is 6.20 Å². The zero-order valence-corrected chi connectivity index (χ0v) is 11.3. The fourth-order valence-electron chi connectivity index (χ4n) is 2.74. The molecular weight excluding hydrogens is 228 g/mol. The minimum absolute atomic E-state index is 0.253. The lowest BCUT2D eigenvalue weighted by Crippen LogP contribution is -2.29. The first-order valence-corrected chi connectivity index (χ1v) is 6.55. The smallest absolute Gasteiger partial charge is 0.240 e. The van der Waals surface area contributed by atoms with E-state index in [-0.39, 0.29) is 6.10 Å². The number of hydrogen-bond donors (Lipinski definition) is 2. The largest absolute Gasteiger partial charge is 0.474 e. The van der Waals surface area contributed by atoms with Crippen molar-refractivity contribution >= 4 is 5.95 Å².